The van der Waals surface area contributed by atoms with E-state index in [4.69, 9.17) is 0 Å². The minimum absolute atomic E-state index is 0.203. The van der Waals surface area contributed by atoms with E-state index < -0.39 is 10.0 Å². The van der Waals surface area contributed by atoms with Crippen LogP contribution in [0.2, 0.25) is 0 Å². The van der Waals surface area contributed by atoms with Gasteiger partial charge in [0.15, 0.2) is 0 Å². The van der Waals surface area contributed by atoms with E-state index in [1.807, 2.05) is 0 Å². The number of nitrogens with one attached hydrogen (secondary N) is 1. The van der Waals surface area contributed by atoms with Crippen LogP contribution in [0.4, 0.5) is 5.69 Å². The van der Waals surface area contributed by atoms with Crippen molar-refractivity contribution in [1.29, 1.82) is 0 Å². The van der Waals surface area contributed by atoms with Gasteiger partial charge in [-0.05, 0) is 32.0 Å². The van der Waals surface area contributed by atoms with Crippen LogP contribution in [0.1, 0.15) is 11.4 Å². The van der Waals surface area contributed by atoms with Crippen molar-refractivity contribution in [3.63, 3.8) is 0 Å². The Morgan fingerprint density at radius 2 is 1.77 bits per heavy atom. The molecule has 22 heavy (non-hydrogen) atoms. The largest absolute Gasteiger partial charge is 0.281 e. The Morgan fingerprint density at radius 1 is 1.09 bits per heavy atom. The lowest BCUT2D eigenvalue weighted by atomic mass is 10.2. The summed E-state index contributed by atoms with van der Waals surface area (Å²) >= 11 is 0. The molecule has 0 saturated heterocycles. The molecule has 0 spiro atoms. The summed E-state index contributed by atoms with van der Waals surface area (Å²) in [5, 5.41) is 6.66. The molecule has 0 aliphatic rings. The van der Waals surface area contributed by atoms with E-state index in [0.717, 1.165) is 0 Å². The highest BCUT2D eigenvalue weighted by atomic mass is 32.2. The number of H-pyrrole nitrogens is 1. The Labute approximate surface area is 128 Å². The van der Waals surface area contributed by atoms with Crippen LogP contribution in [-0.2, 0) is 10.0 Å². The van der Waals surface area contributed by atoms with Gasteiger partial charge in [-0.15, -0.1) is 0 Å². The summed E-state index contributed by atoms with van der Waals surface area (Å²) in [6.07, 6.45) is 3.17. The summed E-state index contributed by atoms with van der Waals surface area (Å²) in [6, 6.07) is 5.16. The number of aromatic amines is 1. The van der Waals surface area contributed by atoms with Crippen LogP contribution in [0.15, 0.2) is 35.5 Å². The van der Waals surface area contributed by atoms with Gasteiger partial charge in [-0.1, -0.05) is 0 Å². The van der Waals surface area contributed by atoms with E-state index in [1.165, 1.54) is 11.4 Å². The van der Waals surface area contributed by atoms with E-state index in [9.17, 15) is 8.42 Å². The van der Waals surface area contributed by atoms with Crippen LogP contribution in [-0.4, -0.2) is 35.6 Å². The van der Waals surface area contributed by atoms with Crippen molar-refractivity contribution in [3.8, 4) is 0 Å². The molecule has 114 valence electrons. The third kappa shape index (κ3) is 2.21. The first kappa shape index (κ1) is 14.5. The number of nitrogens with zero attached hydrogens (tertiary/aromatic N) is 4. The Balaban J connectivity index is 2.10. The molecule has 2 aromatic heterocycles. The molecule has 1 N–H and O–H groups in total. The predicted octanol–water partition coefficient (Wildman–Crippen LogP) is 1.79. The maximum atomic E-state index is 12.8. The summed E-state index contributed by atoms with van der Waals surface area (Å²) in [4.78, 5) is 8.58. The van der Waals surface area contributed by atoms with Crippen molar-refractivity contribution in [3.05, 3.63) is 42.0 Å². The molecular weight excluding hydrogens is 302 g/mol. The SMILES string of the molecule is Cc1n[nH]c(C)c1S(=O)(=O)N(C)c1ccc2nccnc2c1. The molecule has 1 aromatic carbocycles. The fourth-order valence-electron chi connectivity index (χ4n) is 2.34. The van der Waals surface area contributed by atoms with Crippen LogP contribution in [0, 0.1) is 13.8 Å². The summed E-state index contributed by atoms with van der Waals surface area (Å²) in [5.74, 6) is 0. The zero-order valence-corrected chi connectivity index (χ0v) is 13.2. The molecule has 0 unspecified atom stereocenters. The second kappa shape index (κ2) is 5.06. The Bertz CT molecular complexity index is 929. The Kier molecular flexibility index (Phi) is 3.32. The average Bonchev–Trinajstić information content (AvgIpc) is 2.85. The first-order valence-electron chi connectivity index (χ1n) is 6.62. The summed E-state index contributed by atoms with van der Waals surface area (Å²) in [5.41, 5.74) is 2.85. The number of benzene rings is 1. The molecule has 0 aliphatic heterocycles. The molecular formula is C14H15N5O2S. The number of hydrogen-bond donors (Lipinski definition) is 1. The van der Waals surface area contributed by atoms with Gasteiger partial charge in [0.2, 0.25) is 0 Å². The van der Waals surface area contributed by atoms with Crippen LogP contribution in [0.25, 0.3) is 11.0 Å². The van der Waals surface area contributed by atoms with Crippen molar-refractivity contribution >= 4 is 26.7 Å². The molecule has 3 aromatic rings. The number of aryl methyl sites for hydroxylation is 2. The standard InChI is InChI=1S/C14H15N5O2S/c1-9-14(10(2)18-17-9)22(20,21)19(3)11-4-5-12-13(8-11)16-7-6-15-12/h4-8H,1-3H3,(H,17,18). The molecule has 0 bridgehead atoms. The zero-order valence-electron chi connectivity index (χ0n) is 12.4. The minimum Gasteiger partial charge on any atom is -0.281 e. The lowest BCUT2D eigenvalue weighted by Gasteiger charge is -2.19. The highest BCUT2D eigenvalue weighted by molar-refractivity contribution is 7.92. The van der Waals surface area contributed by atoms with Gasteiger partial charge in [-0.3, -0.25) is 19.4 Å². The van der Waals surface area contributed by atoms with Gasteiger partial charge in [0, 0.05) is 19.4 Å². The van der Waals surface area contributed by atoms with Crippen molar-refractivity contribution in [2.45, 2.75) is 18.7 Å². The van der Waals surface area contributed by atoms with E-state index >= 15 is 0 Å². The first-order valence-corrected chi connectivity index (χ1v) is 8.06. The molecule has 0 radical (unpaired) electrons. The number of sulfonamides is 1. The molecule has 3 rings (SSSR count). The highest BCUT2D eigenvalue weighted by Crippen LogP contribution is 2.27. The van der Waals surface area contributed by atoms with Crippen LogP contribution in [0.5, 0.6) is 0 Å². The quantitative estimate of drug-likeness (QED) is 0.795. The van der Waals surface area contributed by atoms with Crippen molar-refractivity contribution in [2.24, 2.45) is 0 Å². The van der Waals surface area contributed by atoms with Crippen molar-refractivity contribution < 1.29 is 8.42 Å². The highest BCUT2D eigenvalue weighted by Gasteiger charge is 2.27. The molecule has 0 amide bonds. The fraction of sp³-hybridized carbons (Fsp3) is 0.214. The number of fused-ring (bicyclic) bond motifs is 1. The van der Waals surface area contributed by atoms with Gasteiger partial charge in [-0.25, -0.2) is 8.42 Å². The number of aromatic nitrogens is 4. The van der Waals surface area contributed by atoms with Crippen LogP contribution in [0.3, 0.4) is 0 Å². The smallest absolute Gasteiger partial charge is 0.267 e. The number of hydrogen-bond acceptors (Lipinski definition) is 5. The van der Waals surface area contributed by atoms with E-state index in [0.29, 0.717) is 28.1 Å². The third-order valence-electron chi connectivity index (χ3n) is 3.50. The first-order chi connectivity index (χ1) is 10.4. The van der Waals surface area contributed by atoms with Gasteiger partial charge in [-0.2, -0.15) is 5.10 Å². The lowest BCUT2D eigenvalue weighted by Crippen LogP contribution is -2.27. The molecule has 0 aliphatic carbocycles. The van der Waals surface area contributed by atoms with Gasteiger partial charge in [0.05, 0.1) is 28.1 Å². The normalized spacial score (nSPS) is 11.8. The summed E-state index contributed by atoms with van der Waals surface area (Å²) < 4.78 is 26.8. The second-order valence-electron chi connectivity index (χ2n) is 4.97. The van der Waals surface area contributed by atoms with Crippen molar-refractivity contribution in [2.75, 3.05) is 11.4 Å². The van der Waals surface area contributed by atoms with Gasteiger partial charge in [0.1, 0.15) is 4.90 Å². The molecule has 0 fully saturated rings. The topological polar surface area (TPSA) is 91.8 Å². The molecule has 7 nitrogen and oxygen atoms in total. The molecule has 0 atom stereocenters. The minimum atomic E-state index is -3.69. The van der Waals surface area contributed by atoms with E-state index in [2.05, 4.69) is 20.2 Å². The zero-order chi connectivity index (χ0) is 15.9. The molecule has 2 heterocycles. The Morgan fingerprint density at radius 3 is 2.41 bits per heavy atom. The Hall–Kier alpha value is -2.48. The maximum Gasteiger partial charge on any atom is 0.267 e. The van der Waals surface area contributed by atoms with Crippen LogP contribution >= 0.6 is 0 Å². The molecule has 8 heteroatoms. The monoisotopic (exact) mass is 317 g/mol. The third-order valence-corrected chi connectivity index (χ3v) is 5.54. The second-order valence-corrected chi connectivity index (χ2v) is 6.87. The number of anilines is 1. The molecule has 0 saturated carbocycles. The summed E-state index contributed by atoms with van der Waals surface area (Å²) in [6.45, 7) is 3.35. The van der Waals surface area contributed by atoms with Crippen molar-refractivity contribution in [1.82, 2.24) is 20.2 Å². The van der Waals surface area contributed by atoms with Crippen LogP contribution < -0.4 is 4.31 Å². The van der Waals surface area contributed by atoms with E-state index in [-0.39, 0.29) is 4.90 Å². The van der Waals surface area contributed by atoms with E-state index in [1.54, 1.807) is 44.4 Å². The lowest BCUT2D eigenvalue weighted by molar-refractivity contribution is 0.593. The van der Waals surface area contributed by atoms with Gasteiger partial charge < -0.3 is 0 Å². The predicted molar refractivity (Wildman–Crippen MR) is 83.2 cm³/mol. The van der Waals surface area contributed by atoms with Gasteiger partial charge >= 0.3 is 0 Å². The number of rotatable bonds is 3. The summed E-state index contributed by atoms with van der Waals surface area (Å²) in [7, 11) is -2.17. The van der Waals surface area contributed by atoms with Gasteiger partial charge in [0.25, 0.3) is 10.0 Å². The maximum absolute atomic E-state index is 12.8. The fourth-order valence-corrected chi connectivity index (χ4v) is 3.86. The average molecular weight is 317 g/mol.